The predicted octanol–water partition coefficient (Wildman–Crippen LogP) is 3.23. The highest BCUT2D eigenvalue weighted by molar-refractivity contribution is 9.10. The summed E-state index contributed by atoms with van der Waals surface area (Å²) in [6.07, 6.45) is 7.49. The van der Waals surface area contributed by atoms with Crippen LogP contribution in [0, 0.1) is 5.92 Å². The van der Waals surface area contributed by atoms with Gasteiger partial charge in [-0.25, -0.2) is 9.97 Å². The molecule has 2 atom stereocenters. The van der Waals surface area contributed by atoms with Gasteiger partial charge in [-0.15, -0.1) is 0 Å². The number of amides is 1. The van der Waals surface area contributed by atoms with Crippen molar-refractivity contribution < 1.29 is 9.35 Å². The zero-order valence-electron chi connectivity index (χ0n) is 16.1. The summed E-state index contributed by atoms with van der Waals surface area (Å²) in [7, 11) is 0. The second-order valence-electron chi connectivity index (χ2n) is 7.76. The lowest BCUT2D eigenvalue weighted by Crippen LogP contribution is -2.35. The highest BCUT2D eigenvalue weighted by atomic mass is 79.9. The molecule has 3 aromatic rings. The molecule has 29 heavy (non-hydrogen) atoms. The van der Waals surface area contributed by atoms with Crippen LogP contribution in [0.15, 0.2) is 34.0 Å². The lowest BCUT2D eigenvalue weighted by Gasteiger charge is -2.24. The van der Waals surface area contributed by atoms with Crippen molar-refractivity contribution >= 4 is 44.5 Å². The minimum Gasteiger partial charge on any atom is -0.612 e. The van der Waals surface area contributed by atoms with Gasteiger partial charge in [-0.1, -0.05) is 0 Å². The molecule has 1 aliphatic heterocycles. The van der Waals surface area contributed by atoms with Crippen LogP contribution in [0.1, 0.15) is 35.7 Å². The number of fused-ring (bicyclic) bond motifs is 2. The minimum atomic E-state index is -1.29. The Morgan fingerprint density at radius 2 is 2.14 bits per heavy atom. The molecule has 1 saturated carbocycles. The fourth-order valence-corrected chi connectivity index (χ4v) is 5.37. The molecule has 150 valence electrons. The molecule has 1 amide bonds. The Bertz CT molecular complexity index is 1160. The van der Waals surface area contributed by atoms with Gasteiger partial charge in [0.15, 0.2) is 16.4 Å². The van der Waals surface area contributed by atoms with Gasteiger partial charge < -0.3 is 15.2 Å². The Balaban J connectivity index is 1.65. The molecule has 1 aromatic carbocycles. The number of carbonyl (C=O) groups is 1. The average Bonchev–Trinajstić information content (AvgIpc) is 3.35. The minimum absolute atomic E-state index is 0.00881. The third-order valence-corrected chi connectivity index (χ3v) is 7.21. The van der Waals surface area contributed by atoms with E-state index in [1.807, 2.05) is 21.4 Å². The van der Waals surface area contributed by atoms with E-state index in [9.17, 15) is 9.35 Å². The lowest BCUT2D eigenvalue weighted by atomic mass is 10.0. The molecule has 2 aromatic heterocycles. The number of benzene rings is 1. The van der Waals surface area contributed by atoms with Crippen LogP contribution < -0.4 is 5.73 Å². The van der Waals surface area contributed by atoms with Crippen LogP contribution in [0.25, 0.3) is 16.9 Å². The number of imidazole rings is 1. The van der Waals surface area contributed by atoms with Gasteiger partial charge in [0.1, 0.15) is 10.9 Å². The van der Waals surface area contributed by atoms with E-state index in [0.717, 1.165) is 16.8 Å². The van der Waals surface area contributed by atoms with Crippen molar-refractivity contribution in [3.63, 3.8) is 0 Å². The first-order valence-corrected chi connectivity index (χ1v) is 11.8. The first-order valence-electron chi connectivity index (χ1n) is 9.46. The SMILES string of the molecule is CC(C1CC1)N1Cc2cc(-c3cnc4c(N)nc(Br)cn34)cc([S+](C)[O-])c2C1=O. The summed E-state index contributed by atoms with van der Waals surface area (Å²) >= 11 is 2.08. The van der Waals surface area contributed by atoms with Crippen LogP contribution in [0.3, 0.4) is 0 Å². The van der Waals surface area contributed by atoms with Gasteiger partial charge >= 0.3 is 0 Å². The van der Waals surface area contributed by atoms with Crippen molar-refractivity contribution in [1.82, 2.24) is 19.3 Å². The van der Waals surface area contributed by atoms with E-state index in [1.165, 1.54) is 12.8 Å². The summed E-state index contributed by atoms with van der Waals surface area (Å²) in [5.41, 5.74) is 9.73. The summed E-state index contributed by atoms with van der Waals surface area (Å²) in [6, 6.07) is 4.05. The van der Waals surface area contributed by atoms with Crippen molar-refractivity contribution in [3.8, 4) is 11.3 Å². The van der Waals surface area contributed by atoms with Crippen molar-refractivity contribution in [1.29, 1.82) is 0 Å². The van der Waals surface area contributed by atoms with Gasteiger partial charge in [0.2, 0.25) is 0 Å². The molecule has 2 aliphatic rings. The molecule has 1 aliphatic carbocycles. The number of anilines is 1. The summed E-state index contributed by atoms with van der Waals surface area (Å²) < 4.78 is 15.0. The Labute approximate surface area is 179 Å². The van der Waals surface area contributed by atoms with Gasteiger partial charge in [0.05, 0.1) is 17.5 Å². The van der Waals surface area contributed by atoms with E-state index in [-0.39, 0.29) is 11.9 Å². The van der Waals surface area contributed by atoms with Crippen LogP contribution in [0.2, 0.25) is 0 Å². The molecule has 2 N–H and O–H groups in total. The van der Waals surface area contributed by atoms with Gasteiger partial charge in [0, 0.05) is 30.4 Å². The number of halogens is 1. The number of nitrogens with two attached hydrogens (primary N) is 1. The van der Waals surface area contributed by atoms with E-state index in [2.05, 4.69) is 32.8 Å². The zero-order chi connectivity index (χ0) is 20.4. The quantitative estimate of drug-likeness (QED) is 0.586. The maximum Gasteiger partial charge on any atom is 0.259 e. The Kier molecular flexibility index (Phi) is 4.38. The molecule has 3 heterocycles. The van der Waals surface area contributed by atoms with Gasteiger partial charge in [-0.05, 0) is 64.4 Å². The van der Waals surface area contributed by atoms with E-state index in [4.69, 9.17) is 5.73 Å². The molecule has 9 heteroatoms. The fourth-order valence-electron chi connectivity index (χ4n) is 4.17. The van der Waals surface area contributed by atoms with Gasteiger partial charge in [-0.3, -0.25) is 9.20 Å². The highest BCUT2D eigenvalue weighted by Gasteiger charge is 2.41. The number of hydrogen-bond donors (Lipinski definition) is 1. The van der Waals surface area contributed by atoms with E-state index in [1.54, 1.807) is 18.6 Å². The number of nitrogens with zero attached hydrogens (tertiary/aromatic N) is 4. The molecule has 7 nitrogen and oxygen atoms in total. The molecule has 1 fully saturated rings. The monoisotopic (exact) mass is 473 g/mol. The fraction of sp³-hybridized carbons (Fsp3) is 0.350. The maximum atomic E-state index is 13.1. The van der Waals surface area contributed by atoms with Crippen molar-refractivity contribution in [2.75, 3.05) is 12.0 Å². The number of aromatic nitrogens is 3. The summed E-state index contributed by atoms with van der Waals surface area (Å²) in [6.45, 7) is 2.66. The molecular weight excluding hydrogens is 454 g/mol. The lowest BCUT2D eigenvalue weighted by molar-refractivity contribution is 0.0695. The van der Waals surface area contributed by atoms with Crippen LogP contribution in [-0.2, 0) is 17.7 Å². The molecule has 0 bridgehead atoms. The van der Waals surface area contributed by atoms with Crippen molar-refractivity contribution in [3.05, 3.63) is 40.3 Å². The van der Waals surface area contributed by atoms with Gasteiger partial charge in [0.25, 0.3) is 5.91 Å². The largest absolute Gasteiger partial charge is 0.612 e. The molecule has 2 unspecified atom stereocenters. The van der Waals surface area contributed by atoms with E-state index < -0.39 is 11.2 Å². The second kappa shape index (κ2) is 6.72. The topological polar surface area (TPSA) is 99.6 Å². The van der Waals surface area contributed by atoms with Crippen molar-refractivity contribution in [2.24, 2.45) is 5.92 Å². The van der Waals surface area contributed by atoms with Crippen LogP contribution in [0.4, 0.5) is 5.82 Å². The first kappa shape index (κ1) is 18.9. The van der Waals surface area contributed by atoms with Crippen LogP contribution in [-0.4, -0.2) is 42.0 Å². The number of rotatable bonds is 4. The normalized spacial score (nSPS) is 18.3. The molecule has 0 saturated heterocycles. The van der Waals surface area contributed by atoms with E-state index >= 15 is 0 Å². The van der Waals surface area contributed by atoms with Gasteiger partial charge in [-0.2, -0.15) is 0 Å². The summed E-state index contributed by atoms with van der Waals surface area (Å²) in [4.78, 5) is 24.2. The third-order valence-electron chi connectivity index (χ3n) is 5.89. The molecule has 0 radical (unpaired) electrons. The van der Waals surface area contributed by atoms with E-state index in [0.29, 0.717) is 39.0 Å². The summed E-state index contributed by atoms with van der Waals surface area (Å²) in [5, 5.41) is 0. The third kappa shape index (κ3) is 3.03. The zero-order valence-corrected chi connectivity index (χ0v) is 18.5. The Morgan fingerprint density at radius 3 is 2.83 bits per heavy atom. The molecular formula is C20H20BrN5O2S. The predicted molar refractivity (Wildman–Crippen MR) is 115 cm³/mol. The standard InChI is InChI=1S/C20H20BrN5O2S/c1-10(11-3-4-11)25-8-13-5-12(6-15(29(2)28)17(13)20(25)27)14-7-23-19-18(22)24-16(21)9-26(14)19/h5-7,9-11H,3-4,8H2,1-2H3,(H2,22,24). The Morgan fingerprint density at radius 1 is 1.38 bits per heavy atom. The number of nitrogen functional groups attached to an aromatic ring is 1. The highest BCUT2D eigenvalue weighted by Crippen LogP contribution is 2.41. The van der Waals surface area contributed by atoms with Crippen molar-refractivity contribution in [2.45, 2.75) is 37.2 Å². The second-order valence-corrected chi connectivity index (χ2v) is 9.92. The molecule has 5 rings (SSSR count). The Hall–Kier alpha value is -2.10. The number of hydrogen-bond acceptors (Lipinski definition) is 5. The average molecular weight is 474 g/mol. The smallest absolute Gasteiger partial charge is 0.259 e. The van der Waals surface area contributed by atoms with Crippen LogP contribution >= 0.6 is 15.9 Å². The number of carbonyl (C=O) groups excluding carboxylic acids is 1. The summed E-state index contributed by atoms with van der Waals surface area (Å²) in [5.74, 6) is 0.895. The maximum absolute atomic E-state index is 13.1. The first-order chi connectivity index (χ1) is 13.8. The van der Waals surface area contributed by atoms with Crippen LogP contribution in [0.5, 0.6) is 0 Å². The molecule has 0 spiro atoms.